The number of benzene rings is 1. The van der Waals surface area contributed by atoms with Crippen LogP contribution in [0.2, 0.25) is 0 Å². The minimum atomic E-state index is -0.297. The molecule has 2 aliphatic heterocycles. The second-order valence-electron chi connectivity index (χ2n) is 7.30. The van der Waals surface area contributed by atoms with Crippen LogP contribution in [0, 0.1) is 0 Å². The summed E-state index contributed by atoms with van der Waals surface area (Å²) in [4.78, 5) is 26.6. The molecule has 1 aliphatic carbocycles. The molecule has 24 heavy (non-hydrogen) atoms. The Labute approximate surface area is 147 Å². The van der Waals surface area contributed by atoms with Gasteiger partial charge >= 0.3 is 0 Å². The number of fused-ring (bicyclic) bond motifs is 2. The number of thioether (sulfide) groups is 1. The summed E-state index contributed by atoms with van der Waals surface area (Å²) >= 11 is 1.75. The molecule has 1 aromatic carbocycles. The van der Waals surface area contributed by atoms with Crippen LogP contribution in [0.4, 0.5) is 0 Å². The first kappa shape index (κ1) is 16.0. The van der Waals surface area contributed by atoms with Crippen molar-refractivity contribution < 1.29 is 9.59 Å². The van der Waals surface area contributed by atoms with Gasteiger partial charge in [0, 0.05) is 24.6 Å². The largest absolute Gasteiger partial charge is 0.354 e. The maximum atomic E-state index is 12.7. The summed E-state index contributed by atoms with van der Waals surface area (Å²) in [5.41, 5.74) is 2.80. The molecule has 4 rings (SSSR count). The second-order valence-corrected chi connectivity index (χ2v) is 8.80. The minimum absolute atomic E-state index is 0.0181. The summed E-state index contributed by atoms with van der Waals surface area (Å²) in [7, 11) is 0. The Morgan fingerprint density at radius 1 is 1.38 bits per heavy atom. The summed E-state index contributed by atoms with van der Waals surface area (Å²) in [6.45, 7) is 2.77. The molecule has 0 aromatic heterocycles. The van der Waals surface area contributed by atoms with Crippen molar-refractivity contribution in [1.29, 1.82) is 0 Å². The lowest BCUT2D eigenvalue weighted by atomic mass is 9.83. The number of amides is 2. The van der Waals surface area contributed by atoms with Gasteiger partial charge < -0.3 is 10.2 Å². The van der Waals surface area contributed by atoms with Gasteiger partial charge in [0.2, 0.25) is 11.8 Å². The Morgan fingerprint density at radius 3 is 3.08 bits per heavy atom. The van der Waals surface area contributed by atoms with E-state index in [2.05, 4.69) is 36.5 Å². The highest BCUT2D eigenvalue weighted by molar-refractivity contribution is 8.01. The van der Waals surface area contributed by atoms with E-state index in [0.717, 1.165) is 25.0 Å². The van der Waals surface area contributed by atoms with Gasteiger partial charge in [-0.3, -0.25) is 9.59 Å². The third-order valence-corrected chi connectivity index (χ3v) is 7.27. The minimum Gasteiger partial charge on any atom is -0.354 e. The van der Waals surface area contributed by atoms with Crippen molar-refractivity contribution in [1.82, 2.24) is 10.2 Å². The zero-order valence-corrected chi connectivity index (χ0v) is 14.9. The van der Waals surface area contributed by atoms with Crippen molar-refractivity contribution in [3.63, 3.8) is 0 Å². The van der Waals surface area contributed by atoms with E-state index in [1.54, 1.807) is 11.8 Å². The predicted octanol–water partition coefficient (Wildman–Crippen LogP) is 2.68. The number of hydrogen-bond donors (Lipinski definition) is 1. The average molecular weight is 344 g/mol. The Hall–Kier alpha value is -1.49. The molecule has 2 fully saturated rings. The van der Waals surface area contributed by atoms with Crippen molar-refractivity contribution in [2.45, 2.75) is 55.9 Å². The first-order valence-corrected chi connectivity index (χ1v) is 9.89. The van der Waals surface area contributed by atoms with Crippen molar-refractivity contribution in [3.8, 4) is 0 Å². The molecule has 5 heteroatoms. The zero-order chi connectivity index (χ0) is 16.7. The van der Waals surface area contributed by atoms with Gasteiger partial charge in [-0.15, -0.1) is 11.8 Å². The lowest BCUT2D eigenvalue weighted by molar-refractivity contribution is -0.137. The molecular weight excluding hydrogens is 320 g/mol. The van der Waals surface area contributed by atoms with Crippen LogP contribution in [-0.4, -0.2) is 39.9 Å². The Bertz CT molecular complexity index is 677. The van der Waals surface area contributed by atoms with Gasteiger partial charge in [0.05, 0.1) is 4.87 Å². The van der Waals surface area contributed by atoms with Crippen LogP contribution in [0.25, 0.3) is 0 Å². The van der Waals surface area contributed by atoms with Gasteiger partial charge in [0.15, 0.2) is 0 Å². The molecule has 0 saturated carbocycles. The molecule has 2 heterocycles. The lowest BCUT2D eigenvalue weighted by Gasteiger charge is -2.31. The number of carbonyl (C=O) groups excluding carboxylic acids is 2. The predicted molar refractivity (Wildman–Crippen MR) is 95.9 cm³/mol. The fraction of sp³-hybridized carbons (Fsp3) is 0.579. The molecule has 0 spiro atoms. The van der Waals surface area contributed by atoms with Gasteiger partial charge in [-0.1, -0.05) is 24.3 Å². The average Bonchev–Trinajstić information content (AvgIpc) is 3.09. The van der Waals surface area contributed by atoms with Crippen LogP contribution in [0.15, 0.2) is 24.3 Å². The van der Waals surface area contributed by atoms with E-state index < -0.39 is 0 Å². The fourth-order valence-corrected chi connectivity index (χ4v) is 5.85. The van der Waals surface area contributed by atoms with Crippen LogP contribution in [0.3, 0.4) is 0 Å². The van der Waals surface area contributed by atoms with E-state index in [0.29, 0.717) is 18.9 Å². The summed E-state index contributed by atoms with van der Waals surface area (Å²) in [5, 5.41) is 3.14. The van der Waals surface area contributed by atoms with Crippen molar-refractivity contribution >= 4 is 23.6 Å². The van der Waals surface area contributed by atoms with E-state index >= 15 is 0 Å². The fourth-order valence-electron chi connectivity index (χ4n) is 4.42. The summed E-state index contributed by atoms with van der Waals surface area (Å²) < 4.78 is 0. The van der Waals surface area contributed by atoms with Crippen LogP contribution < -0.4 is 5.32 Å². The van der Waals surface area contributed by atoms with E-state index in [-0.39, 0.29) is 22.7 Å². The standard InChI is InChI=1S/C19H24N2O2S/c1-19-10-9-17(22)21(19)16(12-24-19)18(23)20-11-14-7-4-6-13-5-2-3-8-15(13)14/h2-3,5,8,14,16H,4,6-7,9-12H2,1H3,(H,20,23). The maximum absolute atomic E-state index is 12.7. The van der Waals surface area contributed by atoms with Crippen molar-refractivity contribution in [2.75, 3.05) is 12.3 Å². The molecule has 2 saturated heterocycles. The van der Waals surface area contributed by atoms with Gasteiger partial charge in [-0.2, -0.15) is 0 Å². The molecule has 3 unspecified atom stereocenters. The quantitative estimate of drug-likeness (QED) is 0.917. The Morgan fingerprint density at radius 2 is 2.21 bits per heavy atom. The smallest absolute Gasteiger partial charge is 0.243 e. The third-order valence-electron chi connectivity index (χ3n) is 5.76. The number of aryl methyl sites for hydroxylation is 1. The Kier molecular flexibility index (Phi) is 4.07. The molecule has 3 atom stereocenters. The van der Waals surface area contributed by atoms with Crippen LogP contribution in [-0.2, 0) is 16.0 Å². The second kappa shape index (κ2) is 6.10. The van der Waals surface area contributed by atoms with Gasteiger partial charge in [-0.25, -0.2) is 0 Å². The summed E-state index contributed by atoms with van der Waals surface area (Å²) in [6, 6.07) is 8.27. The summed E-state index contributed by atoms with van der Waals surface area (Å²) in [5.74, 6) is 1.26. The highest BCUT2D eigenvalue weighted by atomic mass is 32.2. The molecule has 2 amide bonds. The van der Waals surface area contributed by atoms with Crippen molar-refractivity contribution in [3.05, 3.63) is 35.4 Å². The van der Waals surface area contributed by atoms with E-state index in [9.17, 15) is 9.59 Å². The third kappa shape index (κ3) is 2.63. The Balaban J connectivity index is 1.42. The topological polar surface area (TPSA) is 49.4 Å². The summed E-state index contributed by atoms with van der Waals surface area (Å²) in [6.07, 6.45) is 4.87. The zero-order valence-electron chi connectivity index (χ0n) is 14.1. The highest BCUT2D eigenvalue weighted by Gasteiger charge is 2.52. The number of nitrogens with one attached hydrogen (secondary N) is 1. The first-order chi connectivity index (χ1) is 11.6. The maximum Gasteiger partial charge on any atom is 0.243 e. The normalized spacial score (nSPS) is 31.7. The van der Waals surface area contributed by atoms with E-state index in [1.165, 1.54) is 17.5 Å². The van der Waals surface area contributed by atoms with Gasteiger partial charge in [-0.05, 0) is 43.7 Å². The monoisotopic (exact) mass is 344 g/mol. The molecule has 4 nitrogen and oxygen atoms in total. The van der Waals surface area contributed by atoms with Crippen molar-refractivity contribution in [2.24, 2.45) is 0 Å². The SMILES string of the molecule is CC12CCC(=O)N1C(C(=O)NCC1CCCc3ccccc31)CS2. The molecule has 128 valence electrons. The molecule has 0 radical (unpaired) electrons. The molecule has 1 N–H and O–H groups in total. The van der Waals surface area contributed by atoms with E-state index in [1.807, 2.05) is 4.90 Å². The van der Waals surface area contributed by atoms with Gasteiger partial charge in [0.25, 0.3) is 0 Å². The van der Waals surface area contributed by atoms with Crippen LogP contribution in [0.1, 0.15) is 49.7 Å². The lowest BCUT2D eigenvalue weighted by Crippen LogP contribution is -2.50. The number of hydrogen-bond acceptors (Lipinski definition) is 3. The molecule has 1 aromatic rings. The van der Waals surface area contributed by atoms with Gasteiger partial charge in [0.1, 0.15) is 6.04 Å². The highest BCUT2D eigenvalue weighted by Crippen LogP contribution is 2.47. The van der Waals surface area contributed by atoms with E-state index in [4.69, 9.17) is 0 Å². The first-order valence-electron chi connectivity index (χ1n) is 8.90. The van der Waals surface area contributed by atoms with Crippen LogP contribution >= 0.6 is 11.8 Å². The number of carbonyl (C=O) groups is 2. The number of rotatable bonds is 3. The molecule has 0 bridgehead atoms. The number of nitrogens with zero attached hydrogens (tertiary/aromatic N) is 1. The van der Waals surface area contributed by atoms with Crippen LogP contribution in [0.5, 0.6) is 0 Å². The molecular formula is C19H24N2O2S. The molecule has 3 aliphatic rings.